The van der Waals surface area contributed by atoms with Crippen molar-refractivity contribution in [1.29, 1.82) is 0 Å². The van der Waals surface area contributed by atoms with E-state index < -0.39 is 0 Å². The Kier molecular flexibility index (Phi) is 8.94. The number of furan rings is 1. The molecule has 0 aliphatic rings. The van der Waals surface area contributed by atoms with Crippen molar-refractivity contribution >= 4 is 172 Å². The number of nitrogens with zero attached hydrogens (tertiary/aromatic N) is 2. The van der Waals surface area contributed by atoms with Crippen molar-refractivity contribution < 1.29 is 4.42 Å². The van der Waals surface area contributed by atoms with Crippen LogP contribution >= 0.6 is 0 Å². The zero-order valence-corrected chi connectivity index (χ0v) is 38.3. The van der Waals surface area contributed by atoms with Crippen molar-refractivity contribution in [3.05, 3.63) is 158 Å². The van der Waals surface area contributed by atoms with Crippen LogP contribution < -0.4 is 43.7 Å². The summed E-state index contributed by atoms with van der Waals surface area (Å²) in [6.07, 6.45) is 0. The summed E-state index contributed by atoms with van der Waals surface area (Å²) in [5.74, 6) is 0. The second-order valence-electron chi connectivity index (χ2n) is 18.3. The van der Waals surface area contributed by atoms with Gasteiger partial charge in [-0.05, 0) is 88.0 Å². The molecule has 0 saturated heterocycles. The first-order valence-electron chi connectivity index (χ1n) is 22.9. The third kappa shape index (κ3) is 5.74. The van der Waals surface area contributed by atoms with Crippen LogP contribution in [0.1, 0.15) is 0 Å². The molecule has 0 fully saturated rings. The second-order valence-corrected chi connectivity index (χ2v) is 18.3. The molecule has 0 bridgehead atoms. The van der Waals surface area contributed by atoms with Crippen LogP contribution in [0.4, 0.5) is 0 Å². The lowest BCUT2D eigenvalue weighted by atomic mass is 9.59. The number of hydrogen-bond donors (Lipinski definition) is 0. The van der Waals surface area contributed by atoms with Gasteiger partial charge in [0.1, 0.15) is 73.9 Å². The summed E-state index contributed by atoms with van der Waals surface area (Å²) in [5.41, 5.74) is 27.2. The van der Waals surface area contributed by atoms with Crippen LogP contribution in [0.5, 0.6) is 0 Å². The molecule has 0 saturated carbocycles. The van der Waals surface area contributed by atoms with Gasteiger partial charge in [0, 0.05) is 55.3 Å². The lowest BCUT2D eigenvalue weighted by Crippen LogP contribution is -2.55. The van der Waals surface area contributed by atoms with Gasteiger partial charge < -0.3 is 13.6 Å². The molecular weight excluding hydrogens is 779 g/mol. The van der Waals surface area contributed by atoms with E-state index in [9.17, 15) is 0 Å². The normalized spacial score (nSPS) is 11.9. The van der Waals surface area contributed by atoms with Gasteiger partial charge in [-0.15, -0.1) is 16.4 Å². The van der Waals surface area contributed by atoms with Crippen LogP contribution in [0.15, 0.2) is 162 Å². The van der Waals surface area contributed by atoms with Crippen LogP contribution in [-0.2, 0) is 0 Å². The molecule has 298 valence electrons. The van der Waals surface area contributed by atoms with Gasteiger partial charge in [-0.2, -0.15) is 0 Å². The molecule has 0 aliphatic carbocycles. The van der Waals surface area contributed by atoms with Crippen LogP contribution in [0, 0.1) is 0 Å². The second kappa shape index (κ2) is 14.7. The van der Waals surface area contributed by atoms with E-state index in [4.69, 9.17) is 4.42 Å². The SMILES string of the molecule is Bc1c(B)c(B)c(-c2cccc3c2c2c(B)c(-c4ccc5c(c4)c4ccccc4n5-c4ccc(-c5ccccc5)cc4)c(B)c(B)c2n3-c2ccc3c(c2)oc2ccccc23)c(B)c1B. The number of fused-ring (bicyclic) bond motifs is 9. The molecule has 3 aromatic heterocycles. The molecule has 9 aromatic carbocycles. The van der Waals surface area contributed by atoms with E-state index in [2.05, 4.69) is 224 Å². The van der Waals surface area contributed by atoms with Gasteiger partial charge in [0.05, 0.1) is 16.6 Å². The number of para-hydroxylation sites is 2. The Balaban J connectivity index is 1.13. The maximum atomic E-state index is 6.54. The van der Waals surface area contributed by atoms with Crippen molar-refractivity contribution in [2.75, 3.05) is 0 Å². The van der Waals surface area contributed by atoms with Gasteiger partial charge in [-0.25, -0.2) is 0 Å². The maximum Gasteiger partial charge on any atom is 0.141 e. The lowest BCUT2D eigenvalue weighted by Gasteiger charge is -2.22. The molecular formula is C54H42B8N2O. The predicted octanol–water partition coefficient (Wildman–Crippen LogP) is 0.848. The molecule has 0 N–H and O–H groups in total. The van der Waals surface area contributed by atoms with Crippen molar-refractivity contribution in [3.8, 4) is 44.8 Å². The summed E-state index contributed by atoms with van der Waals surface area (Å²) in [7, 11) is 18.5. The summed E-state index contributed by atoms with van der Waals surface area (Å²) in [6, 6.07) is 57.7. The number of aromatic nitrogens is 2. The smallest absolute Gasteiger partial charge is 0.141 e. The standard InChI is InChI=1S/C54H42B8N2O/c55-46-42(29-19-24-38-36(25-29)32-11-4-6-14-37(32)63(38)30-20-17-28(18-21-30)27-9-2-1-3-10-27)47(56)53(62)54-45(46)43-35(44-48(57)50(59)52(61)51(60)49(44)58)13-8-15-39(43)64(54)31-22-23-34-33-12-5-7-16-40(33)65-41(34)26-31/h1-26H,55-62H2. The minimum absolute atomic E-state index is 0.897. The van der Waals surface area contributed by atoms with Gasteiger partial charge in [0.15, 0.2) is 0 Å². The summed E-state index contributed by atoms with van der Waals surface area (Å²) < 4.78 is 11.5. The van der Waals surface area contributed by atoms with Gasteiger partial charge >= 0.3 is 0 Å². The fourth-order valence-electron chi connectivity index (χ4n) is 11.3. The van der Waals surface area contributed by atoms with E-state index in [0.29, 0.717) is 0 Å². The molecule has 0 spiro atoms. The summed E-state index contributed by atoms with van der Waals surface area (Å²) >= 11 is 0. The Morgan fingerprint density at radius 3 is 1.68 bits per heavy atom. The monoisotopic (exact) mass is 822 g/mol. The quantitative estimate of drug-likeness (QED) is 0.237. The van der Waals surface area contributed by atoms with Gasteiger partial charge in [0.25, 0.3) is 0 Å². The van der Waals surface area contributed by atoms with E-state index in [-0.39, 0.29) is 0 Å². The Labute approximate surface area is 386 Å². The van der Waals surface area contributed by atoms with Gasteiger partial charge in [-0.3, -0.25) is 0 Å². The van der Waals surface area contributed by atoms with Crippen LogP contribution in [0.2, 0.25) is 0 Å². The van der Waals surface area contributed by atoms with E-state index in [1.54, 1.807) is 0 Å². The Morgan fingerprint density at radius 1 is 0.323 bits per heavy atom. The number of hydrogen-bond acceptors (Lipinski definition) is 1. The van der Waals surface area contributed by atoms with E-state index in [1.165, 1.54) is 121 Å². The van der Waals surface area contributed by atoms with Crippen molar-refractivity contribution in [1.82, 2.24) is 9.13 Å². The highest BCUT2D eigenvalue weighted by Gasteiger charge is 2.26. The first-order chi connectivity index (χ1) is 31.6. The Bertz CT molecular complexity index is 3950. The average Bonchev–Trinajstić information content (AvgIpc) is 4.00. The zero-order valence-electron chi connectivity index (χ0n) is 38.3. The van der Waals surface area contributed by atoms with Crippen LogP contribution in [-0.4, -0.2) is 71.9 Å². The van der Waals surface area contributed by atoms with Crippen LogP contribution in [0.3, 0.4) is 0 Å². The fourth-order valence-corrected chi connectivity index (χ4v) is 11.3. The summed E-state index contributed by atoms with van der Waals surface area (Å²) in [4.78, 5) is 0. The third-order valence-corrected chi connectivity index (χ3v) is 15.1. The highest BCUT2D eigenvalue weighted by Crippen LogP contribution is 2.40. The molecule has 0 atom stereocenters. The summed E-state index contributed by atoms with van der Waals surface area (Å²) in [6.45, 7) is 0. The molecule has 0 radical (unpaired) electrons. The van der Waals surface area contributed by atoms with Crippen LogP contribution in [0.25, 0.3) is 110 Å². The predicted molar refractivity (Wildman–Crippen MR) is 304 cm³/mol. The third-order valence-electron chi connectivity index (χ3n) is 15.1. The zero-order chi connectivity index (χ0) is 44.4. The van der Waals surface area contributed by atoms with E-state index >= 15 is 0 Å². The van der Waals surface area contributed by atoms with E-state index in [1.807, 2.05) is 6.07 Å². The maximum absolute atomic E-state index is 6.54. The number of benzene rings is 9. The molecule has 3 nitrogen and oxygen atoms in total. The largest absolute Gasteiger partial charge is 0.456 e. The molecule has 0 amide bonds. The highest BCUT2D eigenvalue weighted by atomic mass is 16.3. The fraction of sp³-hybridized carbons (Fsp3) is 0. The molecule has 12 rings (SSSR count). The minimum atomic E-state index is 0.897. The number of rotatable bonds is 5. The molecule has 11 heteroatoms. The molecule has 3 heterocycles. The van der Waals surface area contributed by atoms with Gasteiger partial charge in [-0.1, -0.05) is 124 Å². The minimum Gasteiger partial charge on any atom is -0.456 e. The van der Waals surface area contributed by atoms with Gasteiger partial charge in [0.2, 0.25) is 0 Å². The van der Waals surface area contributed by atoms with Crippen molar-refractivity contribution in [3.63, 3.8) is 0 Å². The van der Waals surface area contributed by atoms with Crippen molar-refractivity contribution in [2.45, 2.75) is 0 Å². The average molecular weight is 821 g/mol. The topological polar surface area (TPSA) is 23.0 Å². The van der Waals surface area contributed by atoms with Crippen molar-refractivity contribution in [2.24, 2.45) is 0 Å². The Hall–Kier alpha value is -7.10. The lowest BCUT2D eigenvalue weighted by molar-refractivity contribution is 0.668. The first kappa shape index (κ1) is 39.5. The molecule has 12 aromatic rings. The van der Waals surface area contributed by atoms with E-state index in [0.717, 1.165) is 33.3 Å². The molecule has 0 aliphatic heterocycles. The highest BCUT2D eigenvalue weighted by molar-refractivity contribution is 6.69. The first-order valence-corrected chi connectivity index (χ1v) is 22.9. The summed E-state index contributed by atoms with van der Waals surface area (Å²) in [5, 5.41) is 7.37. The Morgan fingerprint density at radius 2 is 0.908 bits per heavy atom. The molecule has 0 unspecified atom stereocenters. The molecule has 65 heavy (non-hydrogen) atoms.